The lowest BCUT2D eigenvalue weighted by Crippen LogP contribution is -2.31. The van der Waals surface area contributed by atoms with Gasteiger partial charge in [-0.15, -0.1) is 6.58 Å². The van der Waals surface area contributed by atoms with Crippen molar-refractivity contribution in [3.8, 4) is 0 Å². The van der Waals surface area contributed by atoms with Crippen LogP contribution in [-0.2, 0) is 25.6 Å². The van der Waals surface area contributed by atoms with Gasteiger partial charge in [0.25, 0.3) is 0 Å². The van der Waals surface area contributed by atoms with Gasteiger partial charge in [-0.3, -0.25) is 0 Å². The molecule has 0 N–H and O–H groups in total. The fraction of sp³-hybridized carbons (Fsp3) is 0.579. The molecule has 0 aliphatic carbocycles. The first-order valence-electron chi connectivity index (χ1n) is 8.32. The molecule has 4 heteroatoms. The molecule has 1 aromatic rings. The first-order chi connectivity index (χ1) is 11.3. The van der Waals surface area contributed by atoms with Crippen molar-refractivity contribution < 1.29 is 18.9 Å². The maximum atomic E-state index is 6.12. The summed E-state index contributed by atoms with van der Waals surface area (Å²) in [5.74, 6) is 0. The van der Waals surface area contributed by atoms with Gasteiger partial charge in [0.15, 0.2) is 0 Å². The Hall–Kier alpha value is -1.20. The van der Waals surface area contributed by atoms with Crippen LogP contribution in [0.1, 0.15) is 31.2 Å². The summed E-state index contributed by atoms with van der Waals surface area (Å²) in [5, 5.41) is 0. The number of hydrogen-bond donors (Lipinski definition) is 0. The van der Waals surface area contributed by atoms with Gasteiger partial charge in [0.05, 0.1) is 31.5 Å². The van der Waals surface area contributed by atoms with Crippen molar-refractivity contribution in [2.45, 2.75) is 50.6 Å². The van der Waals surface area contributed by atoms with Crippen LogP contribution in [0.2, 0.25) is 0 Å². The SMILES string of the molecule is C=CCC[C@H](OCOC)[C@@H]1CC[C@@H](COCc2ccccc2)O1. The minimum atomic E-state index is 0.0621. The molecule has 0 saturated carbocycles. The molecule has 1 aliphatic heterocycles. The van der Waals surface area contributed by atoms with Crippen molar-refractivity contribution in [3.05, 3.63) is 48.6 Å². The van der Waals surface area contributed by atoms with E-state index in [2.05, 4.69) is 18.7 Å². The third-order valence-electron chi connectivity index (χ3n) is 4.03. The maximum Gasteiger partial charge on any atom is 0.146 e. The first-order valence-corrected chi connectivity index (χ1v) is 8.32. The molecule has 3 atom stereocenters. The monoisotopic (exact) mass is 320 g/mol. The summed E-state index contributed by atoms with van der Waals surface area (Å²) in [6.45, 7) is 5.34. The van der Waals surface area contributed by atoms with Gasteiger partial charge in [-0.2, -0.15) is 0 Å². The predicted molar refractivity (Wildman–Crippen MR) is 90.2 cm³/mol. The summed E-state index contributed by atoms with van der Waals surface area (Å²) >= 11 is 0. The van der Waals surface area contributed by atoms with E-state index in [9.17, 15) is 0 Å². The van der Waals surface area contributed by atoms with E-state index in [-0.39, 0.29) is 18.3 Å². The highest BCUT2D eigenvalue weighted by Crippen LogP contribution is 2.26. The topological polar surface area (TPSA) is 36.9 Å². The molecule has 0 radical (unpaired) electrons. The van der Waals surface area contributed by atoms with Gasteiger partial charge in [-0.05, 0) is 31.2 Å². The van der Waals surface area contributed by atoms with Gasteiger partial charge in [0, 0.05) is 7.11 Å². The van der Waals surface area contributed by atoms with Crippen LogP contribution in [0.4, 0.5) is 0 Å². The quantitative estimate of drug-likeness (QED) is 0.460. The third-order valence-corrected chi connectivity index (χ3v) is 4.03. The first kappa shape index (κ1) is 18.1. The van der Waals surface area contributed by atoms with Crippen LogP contribution >= 0.6 is 0 Å². The lowest BCUT2D eigenvalue weighted by atomic mass is 10.1. The van der Waals surface area contributed by atoms with Gasteiger partial charge in [-0.25, -0.2) is 0 Å². The summed E-state index contributed by atoms with van der Waals surface area (Å²) in [6, 6.07) is 10.2. The average Bonchev–Trinajstić information content (AvgIpc) is 3.05. The van der Waals surface area contributed by atoms with Crippen LogP contribution in [0.15, 0.2) is 43.0 Å². The number of benzene rings is 1. The second-order valence-electron chi connectivity index (χ2n) is 5.85. The largest absolute Gasteiger partial charge is 0.374 e. The van der Waals surface area contributed by atoms with Gasteiger partial charge >= 0.3 is 0 Å². The number of methoxy groups -OCH3 is 1. The van der Waals surface area contributed by atoms with E-state index < -0.39 is 0 Å². The molecule has 0 spiro atoms. The fourth-order valence-electron chi connectivity index (χ4n) is 2.83. The van der Waals surface area contributed by atoms with Crippen LogP contribution in [0.3, 0.4) is 0 Å². The minimum Gasteiger partial charge on any atom is -0.374 e. The normalized spacial score (nSPS) is 22.1. The summed E-state index contributed by atoms with van der Waals surface area (Å²) in [5.41, 5.74) is 1.19. The Balaban J connectivity index is 1.71. The standard InChI is InChI=1S/C19H28O4/c1-3-4-10-18(22-15-20-2)19-12-11-17(23-19)14-21-13-16-8-6-5-7-9-16/h3,5-9,17-19H,1,4,10-15H2,2H3/t17-,18-,19-/m0/s1. The molecule has 0 bridgehead atoms. The van der Waals surface area contributed by atoms with E-state index >= 15 is 0 Å². The zero-order valence-corrected chi connectivity index (χ0v) is 14.0. The number of hydrogen-bond acceptors (Lipinski definition) is 4. The van der Waals surface area contributed by atoms with Crippen LogP contribution in [-0.4, -0.2) is 38.8 Å². The molecule has 23 heavy (non-hydrogen) atoms. The summed E-state index contributed by atoms with van der Waals surface area (Å²) in [4.78, 5) is 0. The minimum absolute atomic E-state index is 0.0621. The highest BCUT2D eigenvalue weighted by molar-refractivity contribution is 5.13. The van der Waals surface area contributed by atoms with Crippen LogP contribution in [0, 0.1) is 0 Å². The molecule has 0 unspecified atom stereocenters. The second kappa shape index (κ2) is 10.6. The Morgan fingerprint density at radius 3 is 2.87 bits per heavy atom. The molecule has 1 fully saturated rings. The van der Waals surface area contributed by atoms with Crippen LogP contribution < -0.4 is 0 Å². The maximum absolute atomic E-state index is 6.12. The van der Waals surface area contributed by atoms with Crippen molar-refractivity contribution in [2.75, 3.05) is 20.5 Å². The van der Waals surface area contributed by atoms with E-state index in [0.29, 0.717) is 20.0 Å². The third kappa shape index (κ3) is 6.43. The molecule has 0 amide bonds. The molecule has 4 nitrogen and oxygen atoms in total. The lowest BCUT2D eigenvalue weighted by Gasteiger charge is -2.23. The molecule has 128 valence electrons. The van der Waals surface area contributed by atoms with Crippen molar-refractivity contribution in [1.29, 1.82) is 0 Å². The lowest BCUT2D eigenvalue weighted by molar-refractivity contribution is -0.132. The Morgan fingerprint density at radius 2 is 2.13 bits per heavy atom. The molecular formula is C19H28O4. The Kier molecular flexibility index (Phi) is 8.32. The van der Waals surface area contributed by atoms with E-state index in [0.717, 1.165) is 25.7 Å². The van der Waals surface area contributed by atoms with Crippen molar-refractivity contribution in [1.82, 2.24) is 0 Å². The van der Waals surface area contributed by atoms with Gasteiger partial charge in [0.1, 0.15) is 6.79 Å². The van der Waals surface area contributed by atoms with Crippen molar-refractivity contribution in [3.63, 3.8) is 0 Å². The van der Waals surface area contributed by atoms with Gasteiger partial charge < -0.3 is 18.9 Å². The number of rotatable bonds is 11. The number of allylic oxidation sites excluding steroid dienone is 1. The molecule has 1 saturated heterocycles. The summed E-state index contributed by atoms with van der Waals surface area (Å²) < 4.78 is 22.7. The van der Waals surface area contributed by atoms with Crippen LogP contribution in [0.25, 0.3) is 0 Å². The summed E-state index contributed by atoms with van der Waals surface area (Å²) in [6.07, 6.45) is 6.10. The van der Waals surface area contributed by atoms with Crippen molar-refractivity contribution in [2.24, 2.45) is 0 Å². The average molecular weight is 320 g/mol. The van der Waals surface area contributed by atoms with Crippen molar-refractivity contribution >= 4 is 0 Å². The van der Waals surface area contributed by atoms with Crippen LogP contribution in [0.5, 0.6) is 0 Å². The van der Waals surface area contributed by atoms with Gasteiger partial charge in [-0.1, -0.05) is 36.4 Å². The van der Waals surface area contributed by atoms with Gasteiger partial charge in [0.2, 0.25) is 0 Å². The Morgan fingerprint density at radius 1 is 1.30 bits per heavy atom. The Bertz CT molecular complexity index is 434. The molecule has 1 aliphatic rings. The van der Waals surface area contributed by atoms with E-state index in [4.69, 9.17) is 18.9 Å². The Labute approximate surface area is 139 Å². The highest BCUT2D eigenvalue weighted by Gasteiger charge is 2.32. The molecular weight excluding hydrogens is 292 g/mol. The molecule has 2 rings (SSSR count). The molecule has 1 heterocycles. The summed E-state index contributed by atoms with van der Waals surface area (Å²) in [7, 11) is 1.64. The number of ether oxygens (including phenoxy) is 4. The predicted octanol–water partition coefficient (Wildman–Crippen LogP) is 3.71. The van der Waals surface area contributed by atoms with E-state index in [1.54, 1.807) is 7.11 Å². The van der Waals surface area contributed by atoms with E-state index in [1.807, 2.05) is 24.3 Å². The zero-order chi connectivity index (χ0) is 16.3. The zero-order valence-electron chi connectivity index (χ0n) is 14.0. The fourth-order valence-corrected chi connectivity index (χ4v) is 2.83. The van der Waals surface area contributed by atoms with E-state index in [1.165, 1.54) is 5.56 Å². The highest BCUT2D eigenvalue weighted by atomic mass is 16.7. The molecule has 0 aromatic heterocycles. The smallest absolute Gasteiger partial charge is 0.146 e. The molecule has 1 aromatic carbocycles. The second-order valence-corrected chi connectivity index (χ2v) is 5.85.